The van der Waals surface area contributed by atoms with Crippen LogP contribution < -0.4 is 4.72 Å². The molecule has 12 heteroatoms. The first-order valence-electron chi connectivity index (χ1n) is 6.05. The van der Waals surface area contributed by atoms with Gasteiger partial charge in [-0.05, 0) is 18.2 Å². The van der Waals surface area contributed by atoms with Crippen LogP contribution in [0.3, 0.4) is 0 Å². The Labute approximate surface area is 132 Å². The molecule has 0 bridgehead atoms. The van der Waals surface area contributed by atoms with Gasteiger partial charge in [0, 0.05) is 12.1 Å². The van der Waals surface area contributed by atoms with E-state index in [1.54, 1.807) is 4.72 Å². The van der Waals surface area contributed by atoms with Crippen LogP contribution in [0.5, 0.6) is 5.75 Å². The smallest absolute Gasteiger partial charge is 0.433 e. The summed E-state index contributed by atoms with van der Waals surface area (Å²) in [5.41, 5.74) is -1.95. The Morgan fingerprint density at radius 3 is 2.46 bits per heavy atom. The van der Waals surface area contributed by atoms with Gasteiger partial charge in [0.05, 0.1) is 4.92 Å². The van der Waals surface area contributed by atoms with E-state index in [0.717, 1.165) is 24.3 Å². The normalized spacial score (nSPS) is 12.0. The number of hydrogen-bond donors (Lipinski definition) is 2. The Morgan fingerprint density at radius 1 is 1.21 bits per heavy atom. The Kier molecular flexibility index (Phi) is 4.34. The summed E-state index contributed by atoms with van der Waals surface area (Å²) < 4.78 is 63.7. The third kappa shape index (κ3) is 3.71. The highest BCUT2D eigenvalue weighted by molar-refractivity contribution is 7.92. The van der Waals surface area contributed by atoms with Gasteiger partial charge in [0.25, 0.3) is 15.7 Å². The molecule has 24 heavy (non-hydrogen) atoms. The molecule has 0 amide bonds. The van der Waals surface area contributed by atoms with Crippen molar-refractivity contribution in [3.05, 3.63) is 52.2 Å². The average Bonchev–Trinajstić information content (AvgIpc) is 2.46. The van der Waals surface area contributed by atoms with Crippen molar-refractivity contribution in [3.63, 3.8) is 0 Å². The molecule has 2 rings (SSSR count). The summed E-state index contributed by atoms with van der Waals surface area (Å²) in [6.07, 6.45) is -4.78. The maximum absolute atomic E-state index is 12.6. The molecule has 0 aliphatic carbocycles. The van der Waals surface area contributed by atoms with Crippen molar-refractivity contribution in [1.29, 1.82) is 0 Å². The maximum atomic E-state index is 12.6. The summed E-state index contributed by atoms with van der Waals surface area (Å²) in [6, 6.07) is 4.76. The number of nitrogens with zero attached hydrogens (tertiary/aromatic N) is 2. The summed E-state index contributed by atoms with van der Waals surface area (Å²) in [7, 11) is -4.60. The summed E-state index contributed by atoms with van der Waals surface area (Å²) in [5.74, 6) is -1.46. The molecule has 0 atom stereocenters. The number of nitro groups is 1. The zero-order chi connectivity index (χ0) is 18.1. The van der Waals surface area contributed by atoms with Crippen LogP contribution in [0.4, 0.5) is 24.7 Å². The highest BCUT2D eigenvalue weighted by atomic mass is 32.2. The molecule has 0 saturated carbocycles. The average molecular weight is 363 g/mol. The molecule has 1 aromatic heterocycles. The lowest BCUT2D eigenvalue weighted by Crippen LogP contribution is -2.16. The first-order valence-corrected chi connectivity index (χ1v) is 7.53. The van der Waals surface area contributed by atoms with Crippen LogP contribution in [-0.4, -0.2) is 23.4 Å². The van der Waals surface area contributed by atoms with Gasteiger partial charge in [-0.15, -0.1) is 0 Å². The third-order valence-electron chi connectivity index (χ3n) is 2.72. The van der Waals surface area contributed by atoms with Crippen molar-refractivity contribution in [2.75, 3.05) is 4.72 Å². The summed E-state index contributed by atoms with van der Waals surface area (Å²) >= 11 is 0. The van der Waals surface area contributed by atoms with Crippen molar-refractivity contribution >= 4 is 21.5 Å². The predicted molar refractivity (Wildman–Crippen MR) is 74.8 cm³/mol. The molecule has 0 fully saturated rings. The van der Waals surface area contributed by atoms with Gasteiger partial charge in [-0.3, -0.25) is 14.8 Å². The van der Waals surface area contributed by atoms with Gasteiger partial charge in [0.1, 0.15) is 22.2 Å². The second-order valence-electron chi connectivity index (χ2n) is 4.42. The highest BCUT2D eigenvalue weighted by Gasteiger charge is 2.33. The van der Waals surface area contributed by atoms with E-state index < -0.39 is 49.0 Å². The van der Waals surface area contributed by atoms with Crippen LogP contribution >= 0.6 is 0 Å². The number of phenols is 1. The minimum atomic E-state index is -4.78. The fraction of sp³-hybridized carbons (Fsp3) is 0.0833. The Bertz CT molecular complexity index is 899. The van der Waals surface area contributed by atoms with Crippen molar-refractivity contribution in [2.45, 2.75) is 11.1 Å². The summed E-state index contributed by atoms with van der Waals surface area (Å²) in [6.45, 7) is 0. The number of anilines is 1. The van der Waals surface area contributed by atoms with Gasteiger partial charge in [-0.2, -0.15) is 13.2 Å². The van der Waals surface area contributed by atoms with Crippen LogP contribution in [0.1, 0.15) is 5.69 Å². The van der Waals surface area contributed by atoms with Crippen LogP contribution in [0.25, 0.3) is 0 Å². The largest absolute Gasteiger partial charge is 0.507 e. The molecule has 2 N–H and O–H groups in total. The molecule has 8 nitrogen and oxygen atoms in total. The van der Waals surface area contributed by atoms with Crippen molar-refractivity contribution < 1.29 is 31.6 Å². The van der Waals surface area contributed by atoms with Gasteiger partial charge in [0.15, 0.2) is 0 Å². The zero-order valence-corrected chi connectivity index (χ0v) is 12.3. The van der Waals surface area contributed by atoms with Crippen LogP contribution in [0.2, 0.25) is 0 Å². The van der Waals surface area contributed by atoms with Crippen LogP contribution in [0.15, 0.2) is 41.3 Å². The number of aromatic hydroxyl groups is 1. The lowest BCUT2D eigenvalue weighted by atomic mass is 10.3. The molecule has 1 aromatic carbocycles. The number of hydrogen-bond acceptors (Lipinski definition) is 6. The first kappa shape index (κ1) is 17.5. The maximum Gasteiger partial charge on any atom is 0.433 e. The first-order chi connectivity index (χ1) is 11.0. The van der Waals surface area contributed by atoms with E-state index in [4.69, 9.17) is 0 Å². The van der Waals surface area contributed by atoms with E-state index in [2.05, 4.69) is 4.98 Å². The molecule has 0 aliphatic rings. The molecule has 0 radical (unpaired) electrons. The molecular formula is C12H8F3N3O5S. The van der Waals surface area contributed by atoms with E-state index in [1.807, 2.05) is 0 Å². The monoisotopic (exact) mass is 363 g/mol. The third-order valence-corrected chi connectivity index (χ3v) is 4.11. The molecule has 0 saturated heterocycles. The second kappa shape index (κ2) is 5.96. The number of nitrogens with one attached hydrogen (secondary N) is 1. The minimum absolute atomic E-state index is 0.575. The highest BCUT2D eigenvalue weighted by Crippen LogP contribution is 2.30. The summed E-state index contributed by atoms with van der Waals surface area (Å²) in [5, 5.41) is 20.2. The van der Waals surface area contributed by atoms with E-state index in [9.17, 15) is 36.8 Å². The van der Waals surface area contributed by atoms with Gasteiger partial charge in [-0.1, -0.05) is 6.07 Å². The number of sulfonamides is 1. The number of nitro benzene ring substituents is 1. The molecule has 2 aromatic rings. The Hall–Kier alpha value is -2.89. The van der Waals surface area contributed by atoms with E-state index >= 15 is 0 Å². The van der Waals surface area contributed by atoms with Gasteiger partial charge >= 0.3 is 6.18 Å². The fourth-order valence-electron chi connectivity index (χ4n) is 1.67. The minimum Gasteiger partial charge on any atom is -0.507 e. The standard InChI is InChI=1S/C12H8F3N3O5S/c13-12(14,15)10-2-1-3-11(16-10)17-24(22,23)9-6-7(18(20)21)4-5-8(9)19/h1-6,19H,(H,16,17). The van der Waals surface area contributed by atoms with E-state index in [0.29, 0.717) is 12.1 Å². The molecule has 0 unspecified atom stereocenters. The predicted octanol–water partition coefficient (Wildman–Crippen LogP) is 2.51. The number of rotatable bonds is 4. The van der Waals surface area contributed by atoms with E-state index in [1.165, 1.54) is 0 Å². The molecule has 128 valence electrons. The molecule has 1 heterocycles. The quantitative estimate of drug-likeness (QED) is 0.636. The number of benzene rings is 1. The van der Waals surface area contributed by atoms with Crippen molar-refractivity contribution in [1.82, 2.24) is 4.98 Å². The topological polar surface area (TPSA) is 122 Å². The molecule has 0 aliphatic heterocycles. The lowest BCUT2D eigenvalue weighted by Gasteiger charge is -2.11. The van der Waals surface area contributed by atoms with E-state index in [-0.39, 0.29) is 0 Å². The fourth-order valence-corrected chi connectivity index (χ4v) is 2.79. The number of pyridine rings is 1. The number of alkyl halides is 3. The lowest BCUT2D eigenvalue weighted by molar-refractivity contribution is -0.385. The molecule has 0 spiro atoms. The van der Waals surface area contributed by atoms with Crippen molar-refractivity contribution in [3.8, 4) is 5.75 Å². The number of phenolic OH excluding ortho intramolecular Hbond substituents is 1. The van der Waals surface area contributed by atoms with Gasteiger partial charge in [0.2, 0.25) is 0 Å². The number of halogens is 3. The Morgan fingerprint density at radius 2 is 1.88 bits per heavy atom. The second-order valence-corrected chi connectivity index (χ2v) is 6.07. The number of non-ortho nitro benzene ring substituents is 1. The number of aromatic nitrogens is 1. The zero-order valence-electron chi connectivity index (χ0n) is 11.5. The van der Waals surface area contributed by atoms with Crippen molar-refractivity contribution in [2.24, 2.45) is 0 Å². The van der Waals surface area contributed by atoms with Crippen LogP contribution in [0, 0.1) is 10.1 Å². The molecular weight excluding hydrogens is 355 g/mol. The Balaban J connectivity index is 2.43. The summed E-state index contributed by atoms with van der Waals surface area (Å²) in [4.78, 5) is 12.0. The van der Waals surface area contributed by atoms with Gasteiger partial charge in [-0.25, -0.2) is 13.4 Å². The SMILES string of the molecule is O=[N+]([O-])c1ccc(O)c(S(=O)(=O)Nc2cccc(C(F)(F)F)n2)c1. The van der Waals surface area contributed by atoms with Gasteiger partial charge < -0.3 is 5.11 Å². The van der Waals surface area contributed by atoms with Crippen LogP contribution in [-0.2, 0) is 16.2 Å².